The van der Waals surface area contributed by atoms with E-state index < -0.39 is 0 Å². The number of pyridine rings is 1. The average Bonchev–Trinajstić information content (AvgIpc) is 2.06. The van der Waals surface area contributed by atoms with Crippen LogP contribution in [-0.2, 0) is 0 Å². The quantitative estimate of drug-likeness (QED) is 0.565. The van der Waals surface area contributed by atoms with Gasteiger partial charge in [-0.2, -0.15) is 0 Å². The number of hydrogen-bond donors (Lipinski definition) is 2. The first-order chi connectivity index (χ1) is 5.38. The van der Waals surface area contributed by atoms with Crippen LogP contribution < -0.4 is 11.1 Å². The number of aromatic nitrogens is 1. The zero-order valence-electron chi connectivity index (χ0n) is 5.99. The van der Waals surface area contributed by atoms with Gasteiger partial charge in [0.1, 0.15) is 6.17 Å². The maximum Gasteiger partial charge on any atom is 0.118 e. The third-order valence-electron chi connectivity index (χ3n) is 1.70. The van der Waals surface area contributed by atoms with Crippen molar-refractivity contribution in [3.8, 4) is 0 Å². The second-order valence-corrected chi connectivity index (χ2v) is 2.46. The fourth-order valence-electron chi connectivity index (χ4n) is 1.15. The SMILES string of the molecule is NC1NC=Cc2cccnc21. The molecule has 2 rings (SSSR count). The van der Waals surface area contributed by atoms with Crippen LogP contribution in [0.5, 0.6) is 0 Å². The third kappa shape index (κ3) is 0.991. The summed E-state index contributed by atoms with van der Waals surface area (Å²) < 4.78 is 0. The lowest BCUT2D eigenvalue weighted by atomic mass is 10.1. The van der Waals surface area contributed by atoms with Crippen LogP contribution in [0.2, 0.25) is 0 Å². The zero-order chi connectivity index (χ0) is 7.68. The Balaban J connectivity index is 2.54. The molecule has 56 valence electrons. The summed E-state index contributed by atoms with van der Waals surface area (Å²) in [5.41, 5.74) is 7.73. The van der Waals surface area contributed by atoms with Crippen LogP contribution in [0, 0.1) is 0 Å². The summed E-state index contributed by atoms with van der Waals surface area (Å²) in [5.74, 6) is 0. The maximum absolute atomic E-state index is 5.72. The van der Waals surface area contributed by atoms with Crippen LogP contribution in [0.25, 0.3) is 6.08 Å². The van der Waals surface area contributed by atoms with E-state index in [1.54, 1.807) is 6.20 Å². The first-order valence-electron chi connectivity index (χ1n) is 3.51. The Morgan fingerprint density at radius 2 is 2.45 bits per heavy atom. The lowest BCUT2D eigenvalue weighted by molar-refractivity contribution is 0.625. The summed E-state index contributed by atoms with van der Waals surface area (Å²) in [4.78, 5) is 4.16. The highest BCUT2D eigenvalue weighted by molar-refractivity contribution is 5.54. The minimum Gasteiger partial charge on any atom is -0.371 e. The summed E-state index contributed by atoms with van der Waals surface area (Å²) in [6, 6.07) is 3.90. The Morgan fingerprint density at radius 1 is 1.55 bits per heavy atom. The van der Waals surface area contributed by atoms with E-state index in [4.69, 9.17) is 5.73 Å². The summed E-state index contributed by atoms with van der Waals surface area (Å²) in [7, 11) is 0. The van der Waals surface area contributed by atoms with Crippen molar-refractivity contribution in [2.45, 2.75) is 6.17 Å². The van der Waals surface area contributed by atoms with E-state index in [1.165, 1.54) is 0 Å². The molecule has 0 spiro atoms. The molecule has 11 heavy (non-hydrogen) atoms. The van der Waals surface area contributed by atoms with Crippen molar-refractivity contribution >= 4 is 6.08 Å². The fraction of sp³-hybridized carbons (Fsp3) is 0.125. The Kier molecular flexibility index (Phi) is 1.36. The molecule has 1 aliphatic heterocycles. The third-order valence-corrected chi connectivity index (χ3v) is 1.70. The molecule has 1 aromatic heterocycles. The number of hydrogen-bond acceptors (Lipinski definition) is 3. The van der Waals surface area contributed by atoms with Gasteiger partial charge < -0.3 is 11.1 Å². The Morgan fingerprint density at radius 3 is 3.27 bits per heavy atom. The van der Waals surface area contributed by atoms with Gasteiger partial charge in [-0.05, 0) is 18.3 Å². The lowest BCUT2D eigenvalue weighted by Gasteiger charge is -2.17. The first-order valence-corrected chi connectivity index (χ1v) is 3.51. The van der Waals surface area contributed by atoms with Crippen LogP contribution in [0.1, 0.15) is 17.4 Å². The summed E-state index contributed by atoms with van der Waals surface area (Å²) in [6.45, 7) is 0. The smallest absolute Gasteiger partial charge is 0.118 e. The van der Waals surface area contributed by atoms with E-state index in [9.17, 15) is 0 Å². The minimum atomic E-state index is -0.156. The molecule has 1 unspecified atom stereocenters. The monoisotopic (exact) mass is 147 g/mol. The molecule has 0 bridgehead atoms. The number of nitrogens with one attached hydrogen (secondary N) is 1. The zero-order valence-corrected chi connectivity index (χ0v) is 5.99. The van der Waals surface area contributed by atoms with Crippen LogP contribution in [0.15, 0.2) is 24.5 Å². The average molecular weight is 147 g/mol. The van der Waals surface area contributed by atoms with E-state index in [-0.39, 0.29) is 6.17 Å². The van der Waals surface area contributed by atoms with Crippen LogP contribution in [0.4, 0.5) is 0 Å². The van der Waals surface area contributed by atoms with E-state index in [0.717, 1.165) is 11.3 Å². The van der Waals surface area contributed by atoms with Gasteiger partial charge in [0, 0.05) is 11.8 Å². The molecule has 3 N–H and O–H groups in total. The van der Waals surface area contributed by atoms with E-state index in [2.05, 4.69) is 10.3 Å². The molecule has 0 aliphatic carbocycles. The van der Waals surface area contributed by atoms with Gasteiger partial charge in [-0.1, -0.05) is 6.07 Å². The standard InChI is InChI=1S/C8H9N3/c9-8-7-6(3-5-11-8)2-1-4-10-7/h1-5,8,11H,9H2. The lowest BCUT2D eigenvalue weighted by Crippen LogP contribution is -2.28. The summed E-state index contributed by atoms with van der Waals surface area (Å²) in [5, 5.41) is 2.97. The molecular weight excluding hydrogens is 138 g/mol. The molecular formula is C8H9N3. The van der Waals surface area contributed by atoms with Crippen molar-refractivity contribution in [2.75, 3.05) is 0 Å². The van der Waals surface area contributed by atoms with Gasteiger partial charge in [-0.3, -0.25) is 4.98 Å². The van der Waals surface area contributed by atoms with Gasteiger partial charge in [-0.15, -0.1) is 0 Å². The minimum absolute atomic E-state index is 0.156. The predicted octanol–water partition coefficient (Wildman–Crippen LogP) is 0.613. The highest BCUT2D eigenvalue weighted by Gasteiger charge is 2.11. The second kappa shape index (κ2) is 2.36. The van der Waals surface area contributed by atoms with Crippen molar-refractivity contribution in [3.63, 3.8) is 0 Å². The Labute approximate surface area is 64.9 Å². The van der Waals surface area contributed by atoms with Crippen molar-refractivity contribution in [1.29, 1.82) is 0 Å². The van der Waals surface area contributed by atoms with Gasteiger partial charge >= 0.3 is 0 Å². The molecule has 0 saturated carbocycles. The predicted molar refractivity (Wildman–Crippen MR) is 43.3 cm³/mol. The van der Waals surface area contributed by atoms with E-state index >= 15 is 0 Å². The maximum atomic E-state index is 5.72. The molecule has 1 atom stereocenters. The summed E-state index contributed by atoms with van der Waals surface area (Å²) in [6.07, 6.45) is 5.40. The fourth-order valence-corrected chi connectivity index (χ4v) is 1.15. The Hall–Kier alpha value is -1.35. The van der Waals surface area contributed by atoms with E-state index in [1.807, 2.05) is 24.4 Å². The first kappa shape index (κ1) is 6.37. The van der Waals surface area contributed by atoms with Gasteiger partial charge in [0.2, 0.25) is 0 Å². The molecule has 3 nitrogen and oxygen atoms in total. The number of rotatable bonds is 0. The van der Waals surface area contributed by atoms with Crippen LogP contribution in [0.3, 0.4) is 0 Å². The van der Waals surface area contributed by atoms with Crippen LogP contribution >= 0.6 is 0 Å². The largest absolute Gasteiger partial charge is 0.371 e. The normalized spacial score (nSPS) is 20.6. The van der Waals surface area contributed by atoms with Gasteiger partial charge in [0.15, 0.2) is 0 Å². The number of nitrogens with two attached hydrogens (primary N) is 1. The number of nitrogens with zero attached hydrogens (tertiary/aromatic N) is 1. The second-order valence-electron chi connectivity index (χ2n) is 2.46. The molecule has 1 aliphatic rings. The molecule has 2 heterocycles. The van der Waals surface area contributed by atoms with Crippen LogP contribution in [-0.4, -0.2) is 4.98 Å². The Bertz CT molecular complexity index is 293. The highest BCUT2D eigenvalue weighted by Crippen LogP contribution is 2.15. The molecule has 0 saturated heterocycles. The van der Waals surface area contributed by atoms with E-state index in [0.29, 0.717) is 0 Å². The highest BCUT2D eigenvalue weighted by atomic mass is 15.0. The van der Waals surface area contributed by atoms with Gasteiger partial charge in [0.05, 0.1) is 5.69 Å². The molecule has 0 fully saturated rings. The molecule has 0 aromatic carbocycles. The molecule has 1 aromatic rings. The molecule has 0 radical (unpaired) electrons. The van der Waals surface area contributed by atoms with Crippen molar-refractivity contribution < 1.29 is 0 Å². The topological polar surface area (TPSA) is 50.9 Å². The van der Waals surface area contributed by atoms with Crippen molar-refractivity contribution in [3.05, 3.63) is 35.8 Å². The van der Waals surface area contributed by atoms with Crippen molar-refractivity contribution in [1.82, 2.24) is 10.3 Å². The van der Waals surface area contributed by atoms with Gasteiger partial charge in [-0.25, -0.2) is 0 Å². The number of fused-ring (bicyclic) bond motifs is 1. The molecule has 3 heteroatoms. The summed E-state index contributed by atoms with van der Waals surface area (Å²) >= 11 is 0. The van der Waals surface area contributed by atoms with Gasteiger partial charge in [0.25, 0.3) is 0 Å². The van der Waals surface area contributed by atoms with Crippen molar-refractivity contribution in [2.24, 2.45) is 5.73 Å². The molecule has 0 amide bonds.